The first-order chi connectivity index (χ1) is 12.2. The monoisotopic (exact) mass is 342 g/mol. The maximum atomic E-state index is 12.9. The molecule has 1 N–H and O–H groups in total. The third kappa shape index (κ3) is 3.83. The number of pyridine rings is 1. The van der Waals surface area contributed by atoms with Gasteiger partial charge in [0.05, 0.1) is 5.52 Å². The van der Waals surface area contributed by atoms with Gasteiger partial charge < -0.3 is 10.2 Å². The molecule has 0 saturated carbocycles. The number of nitrogens with zero attached hydrogens (tertiary/aromatic N) is 3. The number of nitrogens with one attached hydrogen (secondary N) is 1. The Labute approximate surface area is 148 Å². The van der Waals surface area contributed by atoms with Crippen LogP contribution in [0.1, 0.15) is 66.6 Å². The summed E-state index contributed by atoms with van der Waals surface area (Å²) >= 11 is 0. The molecule has 3 heterocycles. The summed E-state index contributed by atoms with van der Waals surface area (Å²) in [6.45, 7) is 4.29. The quantitative estimate of drug-likeness (QED) is 0.821. The van der Waals surface area contributed by atoms with Gasteiger partial charge in [-0.2, -0.15) is 0 Å². The first-order valence-electron chi connectivity index (χ1n) is 9.27. The Morgan fingerprint density at radius 2 is 1.96 bits per heavy atom. The number of unbranched alkanes of at least 4 members (excludes halogenated alkanes) is 2. The SMILES string of the molecule is CCCCCNC(=O)c1nc(C(=O)N2CCCCC2)c2ccccn12. The van der Waals surface area contributed by atoms with Gasteiger partial charge in [-0.05, 0) is 37.8 Å². The van der Waals surface area contributed by atoms with Gasteiger partial charge in [0, 0.05) is 25.8 Å². The number of amides is 2. The van der Waals surface area contributed by atoms with Gasteiger partial charge in [0.15, 0.2) is 5.69 Å². The molecule has 2 amide bonds. The molecule has 6 heteroatoms. The van der Waals surface area contributed by atoms with E-state index in [4.69, 9.17) is 0 Å². The normalized spacial score (nSPS) is 14.7. The molecule has 25 heavy (non-hydrogen) atoms. The molecule has 2 aromatic rings. The van der Waals surface area contributed by atoms with E-state index < -0.39 is 0 Å². The molecule has 6 nitrogen and oxygen atoms in total. The van der Waals surface area contributed by atoms with Crippen LogP contribution >= 0.6 is 0 Å². The fourth-order valence-electron chi connectivity index (χ4n) is 3.26. The second-order valence-electron chi connectivity index (χ2n) is 6.56. The van der Waals surface area contributed by atoms with Gasteiger partial charge in [-0.25, -0.2) is 4.98 Å². The Bertz CT molecular complexity index is 747. The number of carbonyl (C=O) groups is 2. The molecular weight excluding hydrogens is 316 g/mol. The van der Waals surface area contributed by atoms with Crippen LogP contribution in [-0.2, 0) is 0 Å². The summed E-state index contributed by atoms with van der Waals surface area (Å²) in [6.07, 6.45) is 8.16. The Kier molecular flexibility index (Phi) is 5.68. The van der Waals surface area contributed by atoms with Crippen LogP contribution in [0.2, 0.25) is 0 Å². The average molecular weight is 342 g/mol. The lowest BCUT2D eigenvalue weighted by Gasteiger charge is -2.25. The average Bonchev–Trinajstić information content (AvgIpc) is 3.05. The predicted molar refractivity (Wildman–Crippen MR) is 96.8 cm³/mol. The minimum Gasteiger partial charge on any atom is -0.349 e. The highest BCUT2D eigenvalue weighted by Crippen LogP contribution is 2.18. The Morgan fingerprint density at radius 3 is 2.72 bits per heavy atom. The molecule has 1 fully saturated rings. The van der Waals surface area contributed by atoms with Crippen molar-refractivity contribution < 1.29 is 9.59 Å². The number of fused-ring (bicyclic) bond motifs is 1. The highest BCUT2D eigenvalue weighted by molar-refractivity contribution is 6.02. The van der Waals surface area contributed by atoms with Crippen molar-refractivity contribution in [3.8, 4) is 0 Å². The number of hydrogen-bond acceptors (Lipinski definition) is 3. The summed E-state index contributed by atoms with van der Waals surface area (Å²) in [4.78, 5) is 31.7. The predicted octanol–water partition coefficient (Wildman–Crippen LogP) is 2.88. The van der Waals surface area contributed by atoms with E-state index in [-0.39, 0.29) is 17.6 Å². The topological polar surface area (TPSA) is 66.7 Å². The lowest BCUT2D eigenvalue weighted by molar-refractivity contribution is 0.0721. The van der Waals surface area contributed by atoms with Crippen molar-refractivity contribution in [3.05, 3.63) is 35.9 Å². The smallest absolute Gasteiger partial charge is 0.287 e. The molecule has 0 aromatic carbocycles. The summed E-state index contributed by atoms with van der Waals surface area (Å²) in [5, 5.41) is 2.91. The minimum atomic E-state index is -0.227. The molecule has 3 rings (SSSR count). The number of carbonyl (C=O) groups excluding carboxylic acids is 2. The van der Waals surface area contributed by atoms with Gasteiger partial charge in [0.1, 0.15) is 0 Å². The largest absolute Gasteiger partial charge is 0.349 e. The molecular formula is C19H26N4O2. The van der Waals surface area contributed by atoms with E-state index in [1.54, 1.807) is 10.6 Å². The van der Waals surface area contributed by atoms with Gasteiger partial charge in [0.2, 0.25) is 5.82 Å². The van der Waals surface area contributed by atoms with Crippen molar-refractivity contribution in [2.45, 2.75) is 45.4 Å². The number of likely N-dealkylation sites (tertiary alicyclic amines) is 1. The summed E-state index contributed by atoms with van der Waals surface area (Å²) in [6, 6.07) is 5.56. The molecule has 1 aliphatic heterocycles. The third-order valence-electron chi connectivity index (χ3n) is 4.66. The second-order valence-corrected chi connectivity index (χ2v) is 6.56. The van der Waals surface area contributed by atoms with Crippen LogP contribution in [0.5, 0.6) is 0 Å². The van der Waals surface area contributed by atoms with Crippen LogP contribution in [0.15, 0.2) is 24.4 Å². The van der Waals surface area contributed by atoms with Crippen LogP contribution in [0.3, 0.4) is 0 Å². The highest BCUT2D eigenvalue weighted by atomic mass is 16.2. The van der Waals surface area contributed by atoms with Crippen LogP contribution in [-0.4, -0.2) is 45.7 Å². The molecule has 2 aromatic heterocycles. The van der Waals surface area contributed by atoms with E-state index in [2.05, 4.69) is 17.2 Å². The molecule has 134 valence electrons. The van der Waals surface area contributed by atoms with E-state index in [9.17, 15) is 9.59 Å². The Morgan fingerprint density at radius 1 is 1.16 bits per heavy atom. The number of piperidine rings is 1. The molecule has 0 atom stereocenters. The van der Waals surface area contributed by atoms with Crippen LogP contribution in [0.25, 0.3) is 5.52 Å². The second kappa shape index (κ2) is 8.14. The van der Waals surface area contributed by atoms with Crippen molar-refractivity contribution in [2.24, 2.45) is 0 Å². The van der Waals surface area contributed by atoms with Crippen LogP contribution < -0.4 is 5.32 Å². The highest BCUT2D eigenvalue weighted by Gasteiger charge is 2.25. The molecule has 0 spiro atoms. The summed E-state index contributed by atoms with van der Waals surface area (Å²) in [7, 11) is 0. The number of rotatable bonds is 6. The van der Waals surface area contributed by atoms with Gasteiger partial charge >= 0.3 is 0 Å². The van der Waals surface area contributed by atoms with E-state index in [1.165, 1.54) is 6.42 Å². The zero-order chi connectivity index (χ0) is 17.6. The minimum absolute atomic E-state index is 0.0755. The van der Waals surface area contributed by atoms with Crippen molar-refractivity contribution in [3.63, 3.8) is 0 Å². The molecule has 0 aliphatic carbocycles. The van der Waals surface area contributed by atoms with Crippen molar-refractivity contribution in [1.29, 1.82) is 0 Å². The number of imidazole rings is 1. The molecule has 0 bridgehead atoms. The van der Waals surface area contributed by atoms with Gasteiger partial charge in [0.25, 0.3) is 11.8 Å². The Balaban J connectivity index is 1.84. The number of aromatic nitrogens is 2. The number of hydrogen-bond donors (Lipinski definition) is 1. The fourth-order valence-corrected chi connectivity index (χ4v) is 3.26. The van der Waals surface area contributed by atoms with Gasteiger partial charge in [-0.15, -0.1) is 0 Å². The first-order valence-corrected chi connectivity index (χ1v) is 9.27. The van der Waals surface area contributed by atoms with E-state index >= 15 is 0 Å². The maximum absolute atomic E-state index is 12.9. The van der Waals surface area contributed by atoms with Crippen LogP contribution in [0.4, 0.5) is 0 Å². The summed E-state index contributed by atoms with van der Waals surface area (Å²) in [5.41, 5.74) is 1.07. The van der Waals surface area contributed by atoms with E-state index in [0.29, 0.717) is 17.8 Å². The van der Waals surface area contributed by atoms with Crippen LogP contribution in [0, 0.1) is 0 Å². The van der Waals surface area contributed by atoms with Crippen molar-refractivity contribution in [1.82, 2.24) is 19.6 Å². The molecule has 1 saturated heterocycles. The first kappa shape index (κ1) is 17.5. The third-order valence-corrected chi connectivity index (χ3v) is 4.66. The van der Waals surface area contributed by atoms with Gasteiger partial charge in [-0.1, -0.05) is 25.8 Å². The maximum Gasteiger partial charge on any atom is 0.287 e. The molecule has 0 radical (unpaired) electrons. The standard InChI is InChI=1S/C19H26N4O2/c1-2-3-6-11-20-18(24)17-21-16(15-10-5-9-14-23(15)17)19(25)22-12-7-4-8-13-22/h5,9-10,14H,2-4,6-8,11-13H2,1H3,(H,20,24). The fraction of sp³-hybridized carbons (Fsp3) is 0.526. The van der Waals surface area contributed by atoms with E-state index in [1.807, 2.05) is 23.1 Å². The lowest BCUT2D eigenvalue weighted by atomic mass is 10.1. The van der Waals surface area contributed by atoms with Gasteiger partial charge in [-0.3, -0.25) is 14.0 Å². The molecule has 1 aliphatic rings. The van der Waals surface area contributed by atoms with Crippen molar-refractivity contribution in [2.75, 3.05) is 19.6 Å². The van der Waals surface area contributed by atoms with E-state index in [0.717, 1.165) is 45.2 Å². The summed E-state index contributed by atoms with van der Waals surface area (Å²) < 4.78 is 1.71. The van der Waals surface area contributed by atoms with Crippen molar-refractivity contribution >= 4 is 17.3 Å². The lowest BCUT2D eigenvalue weighted by Crippen LogP contribution is -2.36. The summed E-state index contributed by atoms with van der Waals surface area (Å²) in [5.74, 6) is -0.0177. The zero-order valence-electron chi connectivity index (χ0n) is 14.8. The Hall–Kier alpha value is -2.37. The zero-order valence-corrected chi connectivity index (χ0v) is 14.8. The molecule has 0 unspecified atom stereocenters.